The average molecular weight is 342 g/mol. The SMILES string of the molecule is Cc1cc(CCC(=O)NC[C@H](C)C[C@@H](C)O)ccc1Br. The summed E-state index contributed by atoms with van der Waals surface area (Å²) in [5, 5.41) is 12.2. The van der Waals surface area contributed by atoms with Gasteiger partial charge in [0.2, 0.25) is 5.91 Å². The first-order chi connectivity index (χ1) is 9.38. The predicted octanol–water partition coefficient (Wildman–Crippen LogP) is 3.21. The predicted molar refractivity (Wildman–Crippen MR) is 85.7 cm³/mol. The van der Waals surface area contributed by atoms with Gasteiger partial charge in [0.25, 0.3) is 0 Å². The molecule has 0 heterocycles. The summed E-state index contributed by atoms with van der Waals surface area (Å²) in [6.45, 7) is 6.48. The molecule has 1 aromatic carbocycles. The fourth-order valence-electron chi connectivity index (χ4n) is 2.16. The Kier molecular flexibility index (Phi) is 7.24. The first-order valence-corrected chi connectivity index (χ1v) is 7.87. The number of hydrogen-bond donors (Lipinski definition) is 2. The molecule has 0 aliphatic heterocycles. The van der Waals surface area contributed by atoms with Gasteiger partial charge < -0.3 is 10.4 Å². The standard InChI is InChI=1S/C16H24BrNO2/c1-11(8-13(3)19)10-18-16(20)7-5-14-4-6-15(17)12(2)9-14/h4,6,9,11,13,19H,5,7-8,10H2,1-3H3,(H,18,20)/t11-,13-/m1/s1. The van der Waals surface area contributed by atoms with Gasteiger partial charge in [-0.15, -0.1) is 0 Å². The smallest absolute Gasteiger partial charge is 0.220 e. The molecule has 3 nitrogen and oxygen atoms in total. The summed E-state index contributed by atoms with van der Waals surface area (Å²) in [5.74, 6) is 0.372. The zero-order chi connectivity index (χ0) is 15.1. The molecule has 0 radical (unpaired) electrons. The number of carbonyl (C=O) groups is 1. The fourth-order valence-corrected chi connectivity index (χ4v) is 2.41. The lowest BCUT2D eigenvalue weighted by atomic mass is 10.0. The Morgan fingerprint density at radius 2 is 2.10 bits per heavy atom. The highest BCUT2D eigenvalue weighted by Crippen LogP contribution is 2.17. The van der Waals surface area contributed by atoms with E-state index in [1.165, 1.54) is 11.1 Å². The molecule has 2 atom stereocenters. The number of hydrogen-bond acceptors (Lipinski definition) is 2. The summed E-state index contributed by atoms with van der Waals surface area (Å²) in [4.78, 5) is 11.8. The van der Waals surface area contributed by atoms with Crippen LogP contribution in [-0.2, 0) is 11.2 Å². The minimum Gasteiger partial charge on any atom is -0.393 e. The van der Waals surface area contributed by atoms with Gasteiger partial charge in [0.05, 0.1) is 6.10 Å². The van der Waals surface area contributed by atoms with Crippen LogP contribution in [0.3, 0.4) is 0 Å². The van der Waals surface area contributed by atoms with Crippen molar-refractivity contribution >= 4 is 21.8 Å². The molecule has 0 spiro atoms. The summed E-state index contributed by atoms with van der Waals surface area (Å²) in [7, 11) is 0. The van der Waals surface area contributed by atoms with Crippen LogP contribution in [0.1, 0.15) is 37.8 Å². The summed E-state index contributed by atoms with van der Waals surface area (Å²) in [6, 6.07) is 6.17. The van der Waals surface area contributed by atoms with E-state index in [9.17, 15) is 9.90 Å². The zero-order valence-electron chi connectivity index (χ0n) is 12.4. The molecule has 20 heavy (non-hydrogen) atoms. The lowest BCUT2D eigenvalue weighted by molar-refractivity contribution is -0.121. The number of aliphatic hydroxyl groups excluding tert-OH is 1. The van der Waals surface area contributed by atoms with Crippen LogP contribution in [0.2, 0.25) is 0 Å². The Bertz CT molecular complexity index is 446. The maximum absolute atomic E-state index is 11.8. The van der Waals surface area contributed by atoms with Gasteiger partial charge in [-0.2, -0.15) is 0 Å². The Hall–Kier alpha value is -0.870. The van der Waals surface area contributed by atoms with Crippen molar-refractivity contribution in [2.75, 3.05) is 6.54 Å². The number of aryl methyl sites for hydroxylation is 2. The molecular formula is C16H24BrNO2. The van der Waals surface area contributed by atoms with Crippen LogP contribution in [-0.4, -0.2) is 23.7 Å². The van der Waals surface area contributed by atoms with Crippen molar-refractivity contribution in [3.05, 3.63) is 33.8 Å². The zero-order valence-corrected chi connectivity index (χ0v) is 14.0. The maximum atomic E-state index is 11.8. The molecule has 1 amide bonds. The fraction of sp³-hybridized carbons (Fsp3) is 0.562. The Morgan fingerprint density at radius 1 is 1.40 bits per heavy atom. The van der Waals surface area contributed by atoms with Crippen LogP contribution in [0.5, 0.6) is 0 Å². The largest absolute Gasteiger partial charge is 0.393 e. The number of carbonyl (C=O) groups excluding carboxylic acids is 1. The topological polar surface area (TPSA) is 49.3 Å². The third kappa shape index (κ3) is 6.53. The van der Waals surface area contributed by atoms with Crippen LogP contribution in [0.25, 0.3) is 0 Å². The van der Waals surface area contributed by atoms with Crippen molar-refractivity contribution in [3.63, 3.8) is 0 Å². The van der Waals surface area contributed by atoms with Crippen LogP contribution in [0.4, 0.5) is 0 Å². The molecule has 2 N–H and O–H groups in total. The molecule has 0 fully saturated rings. The van der Waals surface area contributed by atoms with E-state index < -0.39 is 0 Å². The molecule has 0 saturated heterocycles. The number of rotatable bonds is 7. The molecule has 0 aliphatic carbocycles. The van der Waals surface area contributed by atoms with Crippen molar-refractivity contribution in [2.45, 2.75) is 46.1 Å². The summed E-state index contributed by atoms with van der Waals surface area (Å²) < 4.78 is 1.10. The second-order valence-corrected chi connectivity index (χ2v) is 6.43. The van der Waals surface area contributed by atoms with Gasteiger partial charge in [-0.05, 0) is 49.8 Å². The molecule has 0 aliphatic rings. The van der Waals surface area contributed by atoms with E-state index in [4.69, 9.17) is 0 Å². The number of halogens is 1. The minimum absolute atomic E-state index is 0.0722. The average Bonchev–Trinajstić information content (AvgIpc) is 2.37. The molecule has 112 valence electrons. The van der Waals surface area contributed by atoms with E-state index in [1.54, 1.807) is 6.92 Å². The van der Waals surface area contributed by atoms with E-state index in [0.29, 0.717) is 25.3 Å². The highest BCUT2D eigenvalue weighted by molar-refractivity contribution is 9.10. The summed E-state index contributed by atoms with van der Waals surface area (Å²) in [5.41, 5.74) is 2.37. The first-order valence-electron chi connectivity index (χ1n) is 7.08. The van der Waals surface area contributed by atoms with E-state index in [-0.39, 0.29) is 12.0 Å². The molecule has 0 aromatic heterocycles. The van der Waals surface area contributed by atoms with Gasteiger partial charge in [-0.3, -0.25) is 4.79 Å². The monoisotopic (exact) mass is 341 g/mol. The van der Waals surface area contributed by atoms with Gasteiger partial charge in [-0.1, -0.05) is 35.0 Å². The van der Waals surface area contributed by atoms with Crippen LogP contribution in [0.15, 0.2) is 22.7 Å². The lowest BCUT2D eigenvalue weighted by Gasteiger charge is -2.14. The van der Waals surface area contributed by atoms with Crippen molar-refractivity contribution in [3.8, 4) is 0 Å². The molecule has 0 saturated carbocycles. The maximum Gasteiger partial charge on any atom is 0.220 e. The quantitative estimate of drug-likeness (QED) is 0.799. The third-order valence-electron chi connectivity index (χ3n) is 3.25. The lowest BCUT2D eigenvalue weighted by Crippen LogP contribution is -2.29. The van der Waals surface area contributed by atoms with E-state index in [2.05, 4.69) is 27.3 Å². The molecule has 0 unspecified atom stereocenters. The Labute approximate surface area is 129 Å². The molecule has 0 bridgehead atoms. The van der Waals surface area contributed by atoms with Gasteiger partial charge in [0.15, 0.2) is 0 Å². The number of aliphatic hydroxyl groups is 1. The van der Waals surface area contributed by atoms with E-state index >= 15 is 0 Å². The Morgan fingerprint density at radius 3 is 2.70 bits per heavy atom. The Balaban J connectivity index is 2.31. The molecule has 1 rings (SSSR count). The van der Waals surface area contributed by atoms with Crippen LogP contribution < -0.4 is 5.32 Å². The summed E-state index contributed by atoms with van der Waals surface area (Å²) in [6.07, 6.45) is 1.66. The van der Waals surface area contributed by atoms with Crippen molar-refractivity contribution < 1.29 is 9.90 Å². The highest BCUT2D eigenvalue weighted by atomic mass is 79.9. The van der Waals surface area contributed by atoms with Gasteiger partial charge in [0.1, 0.15) is 0 Å². The third-order valence-corrected chi connectivity index (χ3v) is 4.14. The van der Waals surface area contributed by atoms with Gasteiger partial charge in [0, 0.05) is 17.4 Å². The molecule has 1 aromatic rings. The highest BCUT2D eigenvalue weighted by Gasteiger charge is 2.08. The molecular weight excluding hydrogens is 318 g/mol. The second kappa shape index (κ2) is 8.42. The molecule has 4 heteroatoms. The normalized spacial score (nSPS) is 13.8. The van der Waals surface area contributed by atoms with E-state index in [1.807, 2.05) is 26.0 Å². The number of nitrogens with one attached hydrogen (secondary N) is 1. The summed E-state index contributed by atoms with van der Waals surface area (Å²) >= 11 is 3.47. The van der Waals surface area contributed by atoms with Gasteiger partial charge >= 0.3 is 0 Å². The number of amides is 1. The van der Waals surface area contributed by atoms with Crippen molar-refractivity contribution in [1.29, 1.82) is 0 Å². The minimum atomic E-state index is -0.312. The number of benzene rings is 1. The van der Waals surface area contributed by atoms with E-state index in [0.717, 1.165) is 10.9 Å². The van der Waals surface area contributed by atoms with Gasteiger partial charge in [-0.25, -0.2) is 0 Å². The first kappa shape index (κ1) is 17.2. The van der Waals surface area contributed by atoms with Crippen molar-refractivity contribution in [2.24, 2.45) is 5.92 Å². The van der Waals surface area contributed by atoms with Crippen molar-refractivity contribution in [1.82, 2.24) is 5.32 Å². The van der Waals surface area contributed by atoms with Crippen LogP contribution >= 0.6 is 15.9 Å². The second-order valence-electron chi connectivity index (χ2n) is 5.58. The van der Waals surface area contributed by atoms with Crippen LogP contribution in [0, 0.1) is 12.8 Å².